The van der Waals surface area contributed by atoms with E-state index in [1.54, 1.807) is 12.4 Å². The Kier molecular flexibility index (Phi) is 4.77. The number of hydrogen-bond donors (Lipinski definition) is 1. The zero-order valence-electron chi connectivity index (χ0n) is 10.3. The lowest BCUT2D eigenvalue weighted by Gasteiger charge is -2.27. The van der Waals surface area contributed by atoms with Crippen LogP contribution >= 0.6 is 15.9 Å². The number of aromatic nitrogens is 2. The quantitative estimate of drug-likeness (QED) is 0.917. The molecule has 1 aromatic rings. The molecule has 0 saturated heterocycles. The Bertz CT molecular complexity index is 331. The van der Waals surface area contributed by atoms with Crippen LogP contribution in [0.2, 0.25) is 0 Å². The maximum atomic E-state index is 4.22. The van der Waals surface area contributed by atoms with Gasteiger partial charge in [-0.2, -0.15) is 0 Å². The van der Waals surface area contributed by atoms with E-state index < -0.39 is 0 Å². The number of hydrogen-bond acceptors (Lipinski definition) is 3. The molecule has 4 heteroatoms. The van der Waals surface area contributed by atoms with Crippen molar-refractivity contribution in [3.63, 3.8) is 0 Å². The van der Waals surface area contributed by atoms with E-state index in [4.69, 9.17) is 0 Å². The van der Waals surface area contributed by atoms with Gasteiger partial charge in [-0.25, -0.2) is 9.97 Å². The molecule has 0 unspecified atom stereocenters. The largest absolute Gasteiger partial charge is 0.354 e. The van der Waals surface area contributed by atoms with E-state index in [0.29, 0.717) is 0 Å². The van der Waals surface area contributed by atoms with Gasteiger partial charge in [0.15, 0.2) is 0 Å². The van der Waals surface area contributed by atoms with Crippen LogP contribution in [0.5, 0.6) is 0 Å². The van der Waals surface area contributed by atoms with Gasteiger partial charge in [-0.05, 0) is 40.6 Å². The second kappa shape index (κ2) is 6.34. The Morgan fingerprint density at radius 3 is 2.35 bits per heavy atom. The molecule has 0 aromatic carbocycles. The van der Waals surface area contributed by atoms with Crippen LogP contribution < -0.4 is 5.32 Å². The average molecular weight is 298 g/mol. The molecule has 3 nitrogen and oxygen atoms in total. The standard InChI is InChI=1S/C13H20BrN3/c1-2-10-3-5-11(6-4-10)7-15-13-16-8-12(14)9-17-13/h8-11H,2-7H2,1H3,(H,15,16,17). The van der Waals surface area contributed by atoms with Gasteiger partial charge in [0, 0.05) is 18.9 Å². The third-order valence-electron chi connectivity index (χ3n) is 3.71. The second-order valence-electron chi connectivity index (χ2n) is 4.90. The fourth-order valence-electron chi connectivity index (χ4n) is 2.48. The molecule has 1 N–H and O–H groups in total. The summed E-state index contributed by atoms with van der Waals surface area (Å²) < 4.78 is 0.923. The lowest BCUT2D eigenvalue weighted by molar-refractivity contribution is 0.278. The van der Waals surface area contributed by atoms with Crippen LogP contribution in [0, 0.1) is 11.8 Å². The van der Waals surface area contributed by atoms with Crippen molar-refractivity contribution in [2.24, 2.45) is 11.8 Å². The summed E-state index contributed by atoms with van der Waals surface area (Å²) in [5.41, 5.74) is 0. The minimum absolute atomic E-state index is 0.741. The van der Waals surface area contributed by atoms with Gasteiger partial charge in [0.25, 0.3) is 0 Å². The van der Waals surface area contributed by atoms with Gasteiger partial charge in [0.2, 0.25) is 5.95 Å². The summed E-state index contributed by atoms with van der Waals surface area (Å²) in [5, 5.41) is 3.33. The van der Waals surface area contributed by atoms with Gasteiger partial charge in [-0.15, -0.1) is 0 Å². The Hall–Kier alpha value is -0.640. The Balaban J connectivity index is 1.74. The molecule has 2 rings (SSSR count). The van der Waals surface area contributed by atoms with E-state index >= 15 is 0 Å². The van der Waals surface area contributed by atoms with Crippen LogP contribution in [-0.4, -0.2) is 16.5 Å². The average Bonchev–Trinajstić information content (AvgIpc) is 2.39. The lowest BCUT2D eigenvalue weighted by atomic mass is 9.81. The number of halogens is 1. The minimum atomic E-state index is 0.741. The SMILES string of the molecule is CCC1CCC(CNc2ncc(Br)cn2)CC1. The van der Waals surface area contributed by atoms with Crippen LogP contribution in [0.3, 0.4) is 0 Å². The first kappa shape index (κ1) is 12.8. The Labute approximate surface area is 112 Å². The number of rotatable bonds is 4. The number of nitrogens with one attached hydrogen (secondary N) is 1. The van der Waals surface area contributed by atoms with E-state index in [-0.39, 0.29) is 0 Å². The van der Waals surface area contributed by atoms with Crippen molar-refractivity contribution in [1.29, 1.82) is 0 Å². The summed E-state index contributed by atoms with van der Waals surface area (Å²) in [6.45, 7) is 3.32. The van der Waals surface area contributed by atoms with E-state index in [2.05, 4.69) is 38.1 Å². The fraction of sp³-hybridized carbons (Fsp3) is 0.692. The monoisotopic (exact) mass is 297 g/mol. The number of nitrogens with zero attached hydrogens (tertiary/aromatic N) is 2. The molecule has 1 fully saturated rings. The van der Waals surface area contributed by atoms with Crippen molar-refractivity contribution in [2.45, 2.75) is 39.0 Å². The maximum Gasteiger partial charge on any atom is 0.222 e. The van der Waals surface area contributed by atoms with Crippen LogP contribution in [0.4, 0.5) is 5.95 Å². The summed E-state index contributed by atoms with van der Waals surface area (Å²) in [7, 11) is 0. The van der Waals surface area contributed by atoms with Gasteiger partial charge in [-0.1, -0.05) is 26.2 Å². The molecule has 1 aliphatic carbocycles. The molecule has 0 spiro atoms. The molecule has 0 amide bonds. The molecule has 17 heavy (non-hydrogen) atoms. The predicted octanol–water partition coefficient (Wildman–Crippen LogP) is 3.87. The highest BCUT2D eigenvalue weighted by Gasteiger charge is 2.19. The Morgan fingerprint density at radius 1 is 1.18 bits per heavy atom. The smallest absolute Gasteiger partial charge is 0.222 e. The van der Waals surface area contributed by atoms with E-state index in [1.165, 1.54) is 32.1 Å². The summed E-state index contributed by atoms with van der Waals surface area (Å²) >= 11 is 3.33. The van der Waals surface area contributed by atoms with Crippen molar-refractivity contribution in [3.05, 3.63) is 16.9 Å². The molecule has 1 heterocycles. The van der Waals surface area contributed by atoms with Crippen molar-refractivity contribution >= 4 is 21.9 Å². The predicted molar refractivity (Wildman–Crippen MR) is 74.0 cm³/mol. The molecule has 0 aliphatic heterocycles. The van der Waals surface area contributed by atoms with Crippen LogP contribution in [0.15, 0.2) is 16.9 Å². The molecule has 0 bridgehead atoms. The van der Waals surface area contributed by atoms with Crippen molar-refractivity contribution in [2.75, 3.05) is 11.9 Å². The molecular formula is C13H20BrN3. The summed E-state index contributed by atoms with van der Waals surface area (Å²) in [4.78, 5) is 8.45. The Morgan fingerprint density at radius 2 is 1.76 bits per heavy atom. The van der Waals surface area contributed by atoms with Crippen LogP contribution in [0.1, 0.15) is 39.0 Å². The number of anilines is 1. The highest BCUT2D eigenvalue weighted by Crippen LogP contribution is 2.30. The van der Waals surface area contributed by atoms with Gasteiger partial charge >= 0.3 is 0 Å². The summed E-state index contributed by atoms with van der Waals surface area (Å²) in [5.74, 6) is 2.51. The highest BCUT2D eigenvalue weighted by atomic mass is 79.9. The van der Waals surface area contributed by atoms with Gasteiger partial charge in [0.05, 0.1) is 4.47 Å². The maximum absolute atomic E-state index is 4.22. The van der Waals surface area contributed by atoms with Crippen molar-refractivity contribution in [1.82, 2.24) is 9.97 Å². The summed E-state index contributed by atoms with van der Waals surface area (Å²) in [6.07, 6.45) is 10.4. The zero-order chi connectivity index (χ0) is 12.1. The molecular weight excluding hydrogens is 278 g/mol. The molecule has 1 aromatic heterocycles. The lowest BCUT2D eigenvalue weighted by Crippen LogP contribution is -2.21. The van der Waals surface area contributed by atoms with Gasteiger partial charge in [-0.3, -0.25) is 0 Å². The van der Waals surface area contributed by atoms with E-state index in [1.807, 2.05) is 0 Å². The van der Waals surface area contributed by atoms with E-state index in [9.17, 15) is 0 Å². The first-order chi connectivity index (χ1) is 8.28. The highest BCUT2D eigenvalue weighted by molar-refractivity contribution is 9.10. The molecule has 0 radical (unpaired) electrons. The summed E-state index contributed by atoms with van der Waals surface area (Å²) in [6, 6.07) is 0. The third kappa shape index (κ3) is 3.95. The van der Waals surface area contributed by atoms with Gasteiger partial charge in [0.1, 0.15) is 0 Å². The third-order valence-corrected chi connectivity index (χ3v) is 4.12. The van der Waals surface area contributed by atoms with Crippen LogP contribution in [-0.2, 0) is 0 Å². The van der Waals surface area contributed by atoms with Crippen molar-refractivity contribution < 1.29 is 0 Å². The van der Waals surface area contributed by atoms with Gasteiger partial charge < -0.3 is 5.32 Å². The first-order valence-corrected chi connectivity index (χ1v) is 7.28. The minimum Gasteiger partial charge on any atom is -0.354 e. The molecule has 94 valence electrons. The molecule has 0 atom stereocenters. The van der Waals surface area contributed by atoms with E-state index in [0.717, 1.165) is 28.8 Å². The zero-order valence-corrected chi connectivity index (χ0v) is 11.9. The second-order valence-corrected chi connectivity index (χ2v) is 5.82. The first-order valence-electron chi connectivity index (χ1n) is 6.49. The molecule has 1 saturated carbocycles. The van der Waals surface area contributed by atoms with Crippen molar-refractivity contribution in [3.8, 4) is 0 Å². The normalized spacial score (nSPS) is 24.6. The van der Waals surface area contributed by atoms with Crippen LogP contribution in [0.25, 0.3) is 0 Å². The molecule has 1 aliphatic rings. The topological polar surface area (TPSA) is 37.8 Å². The fourth-order valence-corrected chi connectivity index (χ4v) is 2.69.